The molecule has 1 aromatic carbocycles. The first-order valence-electron chi connectivity index (χ1n) is 7.94. The summed E-state index contributed by atoms with van der Waals surface area (Å²) in [4.78, 5) is 12.7. The first kappa shape index (κ1) is 13.8. The summed E-state index contributed by atoms with van der Waals surface area (Å²) < 4.78 is 5.81. The Labute approximate surface area is 121 Å². The summed E-state index contributed by atoms with van der Waals surface area (Å²) in [5.74, 6) is 0.703. The Morgan fingerprint density at radius 3 is 2.95 bits per heavy atom. The number of benzene rings is 1. The Balaban J connectivity index is 1.74. The SMILES string of the molecule is CC1(C(=O)CC2CCCc3ccccc32)CCCCO1. The van der Waals surface area contributed by atoms with E-state index in [0.29, 0.717) is 18.1 Å². The van der Waals surface area contributed by atoms with E-state index in [2.05, 4.69) is 24.3 Å². The maximum Gasteiger partial charge on any atom is 0.164 e. The zero-order valence-electron chi connectivity index (χ0n) is 12.4. The van der Waals surface area contributed by atoms with Gasteiger partial charge in [-0.3, -0.25) is 4.79 Å². The number of fused-ring (bicyclic) bond motifs is 1. The molecule has 0 bridgehead atoms. The zero-order chi connectivity index (χ0) is 14.0. The van der Waals surface area contributed by atoms with Gasteiger partial charge in [0.05, 0.1) is 0 Å². The number of Topliss-reactive ketones (excluding diaryl/α,β-unsaturated/α-hetero) is 1. The van der Waals surface area contributed by atoms with Gasteiger partial charge in [-0.2, -0.15) is 0 Å². The quantitative estimate of drug-likeness (QED) is 0.830. The van der Waals surface area contributed by atoms with Crippen LogP contribution in [0.3, 0.4) is 0 Å². The smallest absolute Gasteiger partial charge is 0.164 e. The molecule has 0 saturated carbocycles. The number of rotatable bonds is 3. The second-order valence-electron chi connectivity index (χ2n) is 6.45. The lowest BCUT2D eigenvalue weighted by molar-refractivity contribution is -0.148. The van der Waals surface area contributed by atoms with Gasteiger partial charge in [-0.05, 0) is 62.5 Å². The summed E-state index contributed by atoms with van der Waals surface area (Å²) in [6, 6.07) is 8.62. The van der Waals surface area contributed by atoms with Gasteiger partial charge in [0.2, 0.25) is 0 Å². The minimum absolute atomic E-state index is 0.305. The molecule has 3 rings (SSSR count). The second-order valence-corrected chi connectivity index (χ2v) is 6.45. The van der Waals surface area contributed by atoms with Gasteiger partial charge >= 0.3 is 0 Å². The molecule has 2 nitrogen and oxygen atoms in total. The number of ketones is 1. The van der Waals surface area contributed by atoms with Gasteiger partial charge in [0.15, 0.2) is 5.78 Å². The zero-order valence-corrected chi connectivity index (χ0v) is 12.4. The number of carbonyl (C=O) groups excluding carboxylic acids is 1. The van der Waals surface area contributed by atoms with Crippen LogP contribution in [-0.2, 0) is 16.0 Å². The standard InChI is InChI=1S/C18H24O2/c1-18(11-4-5-12-20-18)17(19)13-15-9-6-8-14-7-2-3-10-16(14)15/h2-3,7,10,15H,4-6,8-9,11-13H2,1H3. The molecule has 0 radical (unpaired) electrons. The summed E-state index contributed by atoms with van der Waals surface area (Å²) in [5.41, 5.74) is 2.31. The van der Waals surface area contributed by atoms with E-state index < -0.39 is 5.60 Å². The van der Waals surface area contributed by atoms with Crippen molar-refractivity contribution in [1.82, 2.24) is 0 Å². The van der Waals surface area contributed by atoms with Crippen molar-refractivity contribution in [2.24, 2.45) is 0 Å². The third-order valence-corrected chi connectivity index (χ3v) is 4.98. The van der Waals surface area contributed by atoms with Gasteiger partial charge in [-0.1, -0.05) is 24.3 Å². The molecular formula is C18H24O2. The molecular weight excluding hydrogens is 248 g/mol. The highest BCUT2D eigenvalue weighted by Gasteiger charge is 2.37. The monoisotopic (exact) mass is 272 g/mol. The molecule has 1 saturated heterocycles. The van der Waals surface area contributed by atoms with Crippen molar-refractivity contribution in [3.05, 3.63) is 35.4 Å². The fraction of sp³-hybridized carbons (Fsp3) is 0.611. The largest absolute Gasteiger partial charge is 0.368 e. The fourth-order valence-corrected chi connectivity index (χ4v) is 3.66. The summed E-state index contributed by atoms with van der Waals surface area (Å²) in [6.45, 7) is 2.73. The van der Waals surface area contributed by atoms with Crippen molar-refractivity contribution in [3.63, 3.8) is 0 Å². The van der Waals surface area contributed by atoms with Gasteiger partial charge in [-0.15, -0.1) is 0 Å². The summed E-state index contributed by atoms with van der Waals surface area (Å²) in [7, 11) is 0. The van der Waals surface area contributed by atoms with Crippen molar-refractivity contribution in [2.75, 3.05) is 6.61 Å². The molecule has 2 atom stereocenters. The number of hydrogen-bond donors (Lipinski definition) is 0. The van der Waals surface area contributed by atoms with Gasteiger partial charge < -0.3 is 4.74 Å². The highest BCUT2D eigenvalue weighted by Crippen LogP contribution is 2.36. The molecule has 20 heavy (non-hydrogen) atoms. The minimum atomic E-state index is -0.523. The highest BCUT2D eigenvalue weighted by atomic mass is 16.5. The molecule has 0 aromatic heterocycles. The molecule has 108 valence electrons. The maximum atomic E-state index is 12.7. The van der Waals surface area contributed by atoms with Gasteiger partial charge in [-0.25, -0.2) is 0 Å². The van der Waals surface area contributed by atoms with Crippen LogP contribution < -0.4 is 0 Å². The molecule has 0 amide bonds. The first-order valence-corrected chi connectivity index (χ1v) is 7.94. The Hall–Kier alpha value is -1.15. The van der Waals surface area contributed by atoms with E-state index in [1.54, 1.807) is 0 Å². The lowest BCUT2D eigenvalue weighted by Crippen LogP contribution is -2.42. The second kappa shape index (κ2) is 5.69. The van der Waals surface area contributed by atoms with E-state index >= 15 is 0 Å². The van der Waals surface area contributed by atoms with Crippen LogP contribution in [0.4, 0.5) is 0 Å². The van der Waals surface area contributed by atoms with E-state index in [1.807, 2.05) is 6.92 Å². The van der Waals surface area contributed by atoms with E-state index in [-0.39, 0.29) is 0 Å². The number of aryl methyl sites for hydroxylation is 1. The average molecular weight is 272 g/mol. The average Bonchev–Trinajstić information content (AvgIpc) is 2.48. The van der Waals surface area contributed by atoms with E-state index in [0.717, 1.165) is 38.7 Å². The summed E-state index contributed by atoms with van der Waals surface area (Å²) >= 11 is 0. The highest BCUT2D eigenvalue weighted by molar-refractivity contribution is 5.87. The number of hydrogen-bond acceptors (Lipinski definition) is 2. The number of ether oxygens (including phenoxy) is 1. The van der Waals surface area contributed by atoms with Crippen LogP contribution in [0.25, 0.3) is 0 Å². The molecule has 1 aliphatic heterocycles. The van der Waals surface area contributed by atoms with Crippen LogP contribution in [0.5, 0.6) is 0 Å². The fourth-order valence-electron chi connectivity index (χ4n) is 3.66. The van der Waals surface area contributed by atoms with Crippen molar-refractivity contribution >= 4 is 5.78 Å². The normalized spacial score (nSPS) is 29.8. The van der Waals surface area contributed by atoms with E-state index in [9.17, 15) is 4.79 Å². The minimum Gasteiger partial charge on any atom is -0.368 e. The molecule has 2 aliphatic rings. The predicted octanol–water partition coefficient (Wildman–Crippen LogP) is 4.02. The molecule has 1 fully saturated rings. The molecule has 2 heteroatoms. The lowest BCUT2D eigenvalue weighted by Gasteiger charge is -2.34. The molecule has 2 unspecified atom stereocenters. The maximum absolute atomic E-state index is 12.7. The van der Waals surface area contributed by atoms with Crippen LogP contribution in [-0.4, -0.2) is 18.0 Å². The topological polar surface area (TPSA) is 26.3 Å². The van der Waals surface area contributed by atoms with Crippen LogP contribution in [0.1, 0.15) is 62.5 Å². The predicted molar refractivity (Wildman–Crippen MR) is 80.0 cm³/mol. The van der Waals surface area contributed by atoms with Crippen molar-refractivity contribution in [2.45, 2.75) is 63.4 Å². The van der Waals surface area contributed by atoms with E-state index in [1.165, 1.54) is 17.5 Å². The molecule has 0 spiro atoms. The first-order chi connectivity index (χ1) is 9.69. The van der Waals surface area contributed by atoms with Crippen molar-refractivity contribution < 1.29 is 9.53 Å². The number of carbonyl (C=O) groups is 1. The Bertz CT molecular complexity index is 486. The van der Waals surface area contributed by atoms with Crippen molar-refractivity contribution in [3.8, 4) is 0 Å². The Kier molecular flexibility index (Phi) is 3.93. The Morgan fingerprint density at radius 2 is 2.15 bits per heavy atom. The van der Waals surface area contributed by atoms with Gasteiger partial charge in [0.1, 0.15) is 5.60 Å². The molecule has 1 aliphatic carbocycles. The summed E-state index contributed by atoms with van der Waals surface area (Å²) in [6.07, 6.45) is 7.24. The molecule has 1 aromatic rings. The summed E-state index contributed by atoms with van der Waals surface area (Å²) in [5, 5.41) is 0. The Morgan fingerprint density at radius 1 is 1.30 bits per heavy atom. The molecule has 1 heterocycles. The lowest BCUT2D eigenvalue weighted by atomic mass is 9.77. The van der Waals surface area contributed by atoms with Crippen LogP contribution in [0.2, 0.25) is 0 Å². The molecule has 0 N–H and O–H groups in total. The third-order valence-electron chi connectivity index (χ3n) is 4.98. The van der Waals surface area contributed by atoms with Crippen LogP contribution >= 0.6 is 0 Å². The van der Waals surface area contributed by atoms with Crippen LogP contribution in [0, 0.1) is 0 Å². The third kappa shape index (κ3) is 2.67. The van der Waals surface area contributed by atoms with E-state index in [4.69, 9.17) is 4.74 Å². The van der Waals surface area contributed by atoms with Gasteiger partial charge in [0, 0.05) is 13.0 Å². The van der Waals surface area contributed by atoms with Crippen molar-refractivity contribution in [1.29, 1.82) is 0 Å². The van der Waals surface area contributed by atoms with Crippen LogP contribution in [0.15, 0.2) is 24.3 Å². The van der Waals surface area contributed by atoms with Gasteiger partial charge in [0.25, 0.3) is 0 Å².